The number of thiazole rings is 1. The average Bonchev–Trinajstić information content (AvgIpc) is 2.78. The molecule has 0 amide bonds. The lowest BCUT2D eigenvalue weighted by Gasteiger charge is -2.08. The van der Waals surface area contributed by atoms with E-state index in [4.69, 9.17) is 5.73 Å². The van der Waals surface area contributed by atoms with Crippen molar-refractivity contribution < 1.29 is 12.8 Å². The molecular weight excluding hydrogens is 301 g/mol. The summed E-state index contributed by atoms with van der Waals surface area (Å²) < 4.78 is 39.6. The molecule has 108 valence electrons. The molecule has 0 aliphatic carbocycles. The van der Waals surface area contributed by atoms with Crippen LogP contribution < -0.4 is 10.5 Å². The highest BCUT2D eigenvalue weighted by atomic mass is 32.2. The molecule has 0 radical (unpaired) electrons. The predicted molar refractivity (Wildman–Crippen MR) is 76.6 cm³/mol. The van der Waals surface area contributed by atoms with Gasteiger partial charge < -0.3 is 5.73 Å². The molecular formula is C12H14FN3O2S2. The summed E-state index contributed by atoms with van der Waals surface area (Å²) in [6, 6.07) is 3.25. The van der Waals surface area contributed by atoms with Gasteiger partial charge in [-0.05, 0) is 25.1 Å². The maximum Gasteiger partial charge on any atom is 0.242 e. The van der Waals surface area contributed by atoms with Gasteiger partial charge in [-0.25, -0.2) is 22.5 Å². The number of anilines is 1. The van der Waals surface area contributed by atoms with Crippen LogP contribution >= 0.6 is 11.3 Å². The topological polar surface area (TPSA) is 85.1 Å². The number of nitrogens with zero attached hydrogens (tertiary/aromatic N) is 1. The van der Waals surface area contributed by atoms with Gasteiger partial charge >= 0.3 is 0 Å². The molecule has 1 heterocycles. The van der Waals surface area contributed by atoms with E-state index >= 15 is 0 Å². The van der Waals surface area contributed by atoms with E-state index < -0.39 is 15.8 Å². The van der Waals surface area contributed by atoms with Crippen molar-refractivity contribution in [2.24, 2.45) is 0 Å². The zero-order valence-electron chi connectivity index (χ0n) is 10.8. The van der Waals surface area contributed by atoms with Crippen LogP contribution in [0.2, 0.25) is 0 Å². The van der Waals surface area contributed by atoms with E-state index in [0.717, 1.165) is 22.8 Å². The van der Waals surface area contributed by atoms with E-state index in [2.05, 4.69) is 9.71 Å². The summed E-state index contributed by atoms with van der Waals surface area (Å²) in [7, 11) is -3.82. The molecule has 0 fully saturated rings. The molecule has 5 nitrogen and oxygen atoms in total. The molecule has 0 aliphatic heterocycles. The Bertz CT molecular complexity index is 713. The number of rotatable bonds is 5. The molecule has 0 saturated heterocycles. The summed E-state index contributed by atoms with van der Waals surface area (Å²) in [5.41, 5.74) is 6.40. The average molecular weight is 315 g/mol. The predicted octanol–water partition coefficient (Wildman–Crippen LogP) is 1.69. The number of aromatic nitrogens is 1. The summed E-state index contributed by atoms with van der Waals surface area (Å²) in [5.74, 6) is -0.644. The lowest BCUT2D eigenvalue weighted by Crippen LogP contribution is -2.27. The fourth-order valence-corrected chi connectivity index (χ4v) is 3.47. The van der Waals surface area contributed by atoms with E-state index in [9.17, 15) is 12.8 Å². The number of hydrogen-bond acceptors (Lipinski definition) is 5. The first-order chi connectivity index (χ1) is 9.38. The third kappa shape index (κ3) is 3.53. The number of hydrogen-bond donors (Lipinski definition) is 2. The fraction of sp³-hybridized carbons (Fsp3) is 0.250. The van der Waals surface area contributed by atoms with Crippen molar-refractivity contribution in [2.75, 3.05) is 12.3 Å². The second-order valence-corrected chi connectivity index (χ2v) is 6.99. The second-order valence-electron chi connectivity index (χ2n) is 4.19. The summed E-state index contributed by atoms with van der Waals surface area (Å²) in [5, 5.41) is 2.80. The highest BCUT2D eigenvalue weighted by Crippen LogP contribution is 2.19. The number of nitrogens with one attached hydrogen (secondary N) is 1. The van der Waals surface area contributed by atoms with Crippen molar-refractivity contribution in [3.63, 3.8) is 0 Å². The lowest BCUT2D eigenvalue weighted by molar-refractivity contribution is 0.578. The van der Waals surface area contributed by atoms with Crippen LogP contribution in [-0.4, -0.2) is 19.9 Å². The Hall–Kier alpha value is -1.51. The van der Waals surface area contributed by atoms with E-state index in [-0.39, 0.29) is 17.1 Å². The van der Waals surface area contributed by atoms with Crippen molar-refractivity contribution in [3.05, 3.63) is 40.1 Å². The van der Waals surface area contributed by atoms with Gasteiger partial charge in [0, 0.05) is 18.3 Å². The summed E-state index contributed by atoms with van der Waals surface area (Å²) in [6.07, 6.45) is 0.471. The number of nitrogens with two attached hydrogens (primary N) is 1. The fourth-order valence-electron chi connectivity index (χ4n) is 1.66. The quantitative estimate of drug-likeness (QED) is 0.822. The summed E-state index contributed by atoms with van der Waals surface area (Å²) in [6.45, 7) is 2.06. The van der Waals surface area contributed by atoms with Gasteiger partial charge in [-0.2, -0.15) is 0 Å². The Labute approximate surface area is 120 Å². The molecule has 2 aromatic rings. The van der Waals surface area contributed by atoms with Crippen LogP contribution in [-0.2, 0) is 16.4 Å². The maximum atomic E-state index is 13.1. The second kappa shape index (κ2) is 5.86. The van der Waals surface area contributed by atoms with Crippen molar-refractivity contribution >= 4 is 27.0 Å². The number of aryl methyl sites for hydroxylation is 1. The molecule has 0 saturated carbocycles. The number of nitrogen functional groups attached to an aromatic ring is 1. The first-order valence-electron chi connectivity index (χ1n) is 5.84. The van der Waals surface area contributed by atoms with Crippen LogP contribution in [0.1, 0.15) is 10.7 Å². The van der Waals surface area contributed by atoms with Gasteiger partial charge in [-0.1, -0.05) is 0 Å². The largest absolute Gasteiger partial charge is 0.398 e. The third-order valence-corrected chi connectivity index (χ3v) is 4.94. The molecule has 0 aliphatic rings. The zero-order chi connectivity index (χ0) is 14.8. The van der Waals surface area contributed by atoms with Crippen LogP contribution in [0.3, 0.4) is 0 Å². The van der Waals surface area contributed by atoms with Gasteiger partial charge in [0.25, 0.3) is 0 Å². The zero-order valence-corrected chi connectivity index (χ0v) is 12.4. The van der Waals surface area contributed by atoms with Crippen LogP contribution in [0.4, 0.5) is 10.1 Å². The van der Waals surface area contributed by atoms with Crippen molar-refractivity contribution in [1.82, 2.24) is 9.71 Å². The minimum absolute atomic E-state index is 0.0170. The van der Waals surface area contributed by atoms with E-state index in [1.54, 1.807) is 0 Å². The van der Waals surface area contributed by atoms with Crippen molar-refractivity contribution in [3.8, 4) is 0 Å². The lowest BCUT2D eigenvalue weighted by atomic mass is 10.3. The molecule has 0 unspecified atom stereocenters. The smallest absolute Gasteiger partial charge is 0.242 e. The standard InChI is InChI=1S/C12H14FN3O2S2/c1-8-16-10(7-19-8)4-5-15-20(17,18)12-6-9(13)2-3-11(12)14/h2-3,6-7,15H,4-5,14H2,1H3. The number of halogens is 1. The number of sulfonamides is 1. The van der Waals surface area contributed by atoms with Gasteiger partial charge in [0.15, 0.2) is 0 Å². The Morgan fingerprint density at radius 2 is 2.20 bits per heavy atom. The maximum absolute atomic E-state index is 13.1. The van der Waals surface area contributed by atoms with E-state index in [0.29, 0.717) is 6.42 Å². The Balaban J connectivity index is 2.06. The first kappa shape index (κ1) is 14.9. The van der Waals surface area contributed by atoms with Gasteiger partial charge in [0.1, 0.15) is 10.7 Å². The minimum atomic E-state index is -3.82. The van der Waals surface area contributed by atoms with Gasteiger partial charge in [-0.3, -0.25) is 0 Å². The Kier molecular flexibility index (Phi) is 4.36. The Morgan fingerprint density at radius 3 is 2.85 bits per heavy atom. The molecule has 1 aromatic carbocycles. The molecule has 0 atom stereocenters. The van der Waals surface area contributed by atoms with Gasteiger partial charge in [0.05, 0.1) is 16.4 Å². The highest BCUT2D eigenvalue weighted by Gasteiger charge is 2.17. The Morgan fingerprint density at radius 1 is 1.45 bits per heavy atom. The van der Waals surface area contributed by atoms with Crippen LogP contribution in [0, 0.1) is 12.7 Å². The van der Waals surface area contributed by atoms with Gasteiger partial charge in [0.2, 0.25) is 10.0 Å². The summed E-state index contributed by atoms with van der Waals surface area (Å²) in [4.78, 5) is 3.99. The summed E-state index contributed by atoms with van der Waals surface area (Å²) >= 11 is 1.51. The third-order valence-electron chi connectivity index (χ3n) is 2.60. The van der Waals surface area contributed by atoms with Crippen molar-refractivity contribution in [2.45, 2.75) is 18.2 Å². The highest BCUT2D eigenvalue weighted by molar-refractivity contribution is 7.89. The van der Waals surface area contributed by atoms with Crippen LogP contribution in [0.15, 0.2) is 28.5 Å². The van der Waals surface area contributed by atoms with E-state index in [1.165, 1.54) is 17.4 Å². The molecule has 2 rings (SSSR count). The monoisotopic (exact) mass is 315 g/mol. The van der Waals surface area contributed by atoms with Gasteiger partial charge in [-0.15, -0.1) is 11.3 Å². The SMILES string of the molecule is Cc1nc(CCNS(=O)(=O)c2cc(F)ccc2N)cs1. The molecule has 20 heavy (non-hydrogen) atoms. The molecule has 0 spiro atoms. The van der Waals surface area contributed by atoms with E-state index in [1.807, 2.05) is 12.3 Å². The normalized spacial score (nSPS) is 11.7. The number of benzene rings is 1. The van der Waals surface area contributed by atoms with Crippen LogP contribution in [0.25, 0.3) is 0 Å². The first-order valence-corrected chi connectivity index (χ1v) is 8.20. The molecule has 3 N–H and O–H groups in total. The molecule has 1 aromatic heterocycles. The van der Waals surface area contributed by atoms with Crippen molar-refractivity contribution in [1.29, 1.82) is 0 Å². The minimum Gasteiger partial charge on any atom is -0.398 e. The van der Waals surface area contributed by atoms with Crippen LogP contribution in [0.5, 0.6) is 0 Å². The molecule has 8 heteroatoms. The molecule has 0 bridgehead atoms.